The van der Waals surface area contributed by atoms with Crippen molar-refractivity contribution in [3.63, 3.8) is 0 Å². The van der Waals surface area contributed by atoms with E-state index in [0.717, 1.165) is 22.9 Å². The molecule has 0 bridgehead atoms. The van der Waals surface area contributed by atoms with Crippen LogP contribution in [0.2, 0.25) is 0 Å². The lowest BCUT2D eigenvalue weighted by atomic mass is 9.87. The number of benzene rings is 3. The van der Waals surface area contributed by atoms with Crippen molar-refractivity contribution in [1.29, 1.82) is 0 Å². The summed E-state index contributed by atoms with van der Waals surface area (Å²) in [7, 11) is 3.14. The molecule has 11 heteroatoms. The van der Waals surface area contributed by atoms with Crippen LogP contribution in [-0.2, 0) is 36.8 Å². The topological polar surface area (TPSA) is 131 Å². The van der Waals surface area contributed by atoms with Crippen LogP contribution in [0, 0.1) is 0 Å². The summed E-state index contributed by atoms with van der Waals surface area (Å²) < 4.78 is 16.2. The number of amides is 2. The lowest BCUT2D eigenvalue weighted by Crippen LogP contribution is -2.79. The number of nitrogens with zero attached hydrogens (tertiary/aromatic N) is 1. The molecular formula is C31H32N2O8S. The van der Waals surface area contributed by atoms with Gasteiger partial charge in [0.1, 0.15) is 18.0 Å². The Hall–Kier alpha value is -4.51. The molecule has 0 aromatic heterocycles. The van der Waals surface area contributed by atoms with E-state index in [2.05, 4.69) is 5.32 Å². The van der Waals surface area contributed by atoms with Gasteiger partial charge >= 0.3 is 11.9 Å². The van der Waals surface area contributed by atoms with Crippen molar-refractivity contribution in [2.45, 2.75) is 41.7 Å². The standard InChI is InChI=1S/C31H32N2O8S/c1-20(34)41-31(42-26-7-5-4-6-8-26)28(29(37)32-19-27(35)36)33(30(31)38)23(17-21-9-13-24(39-2)14-10-21)18-22-11-15-25(40-3)16-12-22/h4-16,23,28H,17-19H2,1-3H3,(H,32,37)(H,35,36). The first kappa shape index (κ1) is 30.4. The van der Waals surface area contributed by atoms with Crippen molar-refractivity contribution in [3.8, 4) is 11.5 Å². The summed E-state index contributed by atoms with van der Waals surface area (Å²) >= 11 is 0.953. The number of nitrogens with one attached hydrogen (secondary N) is 1. The van der Waals surface area contributed by atoms with Crippen molar-refractivity contribution in [3.05, 3.63) is 90.0 Å². The van der Waals surface area contributed by atoms with Gasteiger partial charge in [0, 0.05) is 17.9 Å². The molecule has 0 radical (unpaired) electrons. The summed E-state index contributed by atoms with van der Waals surface area (Å²) in [6.45, 7) is 0.507. The molecular weight excluding hydrogens is 560 g/mol. The van der Waals surface area contributed by atoms with Crippen LogP contribution in [0.25, 0.3) is 0 Å². The zero-order valence-corrected chi connectivity index (χ0v) is 24.3. The quantitative estimate of drug-likeness (QED) is 0.174. The average molecular weight is 593 g/mol. The van der Waals surface area contributed by atoms with Gasteiger partial charge < -0.3 is 29.5 Å². The molecule has 4 rings (SSSR count). The number of thioether (sulfide) groups is 1. The van der Waals surface area contributed by atoms with Crippen LogP contribution in [0.4, 0.5) is 0 Å². The van der Waals surface area contributed by atoms with Crippen LogP contribution in [0.3, 0.4) is 0 Å². The summed E-state index contributed by atoms with van der Waals surface area (Å²) in [6.07, 6.45) is 0.716. The van der Waals surface area contributed by atoms with E-state index < -0.39 is 47.3 Å². The van der Waals surface area contributed by atoms with Crippen LogP contribution in [0.1, 0.15) is 18.1 Å². The van der Waals surface area contributed by atoms with E-state index in [9.17, 15) is 24.3 Å². The van der Waals surface area contributed by atoms with Gasteiger partial charge in [0.05, 0.1) is 14.2 Å². The number of carbonyl (C=O) groups excluding carboxylic acids is 3. The first-order valence-corrected chi connectivity index (χ1v) is 14.0. The maximum absolute atomic E-state index is 14.2. The predicted molar refractivity (Wildman–Crippen MR) is 155 cm³/mol. The normalized spacial score (nSPS) is 17.8. The molecule has 3 aromatic carbocycles. The first-order chi connectivity index (χ1) is 20.2. The van der Waals surface area contributed by atoms with Gasteiger partial charge in [-0.25, -0.2) is 0 Å². The Morgan fingerprint density at radius 1 is 0.905 bits per heavy atom. The van der Waals surface area contributed by atoms with Gasteiger partial charge in [-0.2, -0.15) is 0 Å². The van der Waals surface area contributed by atoms with Crippen LogP contribution < -0.4 is 14.8 Å². The van der Waals surface area contributed by atoms with Gasteiger partial charge in [0.15, 0.2) is 6.04 Å². The highest BCUT2D eigenvalue weighted by atomic mass is 32.2. The summed E-state index contributed by atoms with van der Waals surface area (Å²) in [5.74, 6) is -1.95. The monoisotopic (exact) mass is 592 g/mol. The van der Waals surface area contributed by atoms with E-state index in [-0.39, 0.29) is 0 Å². The van der Waals surface area contributed by atoms with Gasteiger partial charge in [0.25, 0.3) is 10.8 Å². The van der Waals surface area contributed by atoms with Crippen molar-refractivity contribution >= 4 is 35.5 Å². The zero-order chi connectivity index (χ0) is 30.3. The van der Waals surface area contributed by atoms with E-state index in [4.69, 9.17) is 14.2 Å². The van der Waals surface area contributed by atoms with Gasteiger partial charge in [0.2, 0.25) is 5.91 Å². The molecule has 0 spiro atoms. The van der Waals surface area contributed by atoms with E-state index in [1.54, 1.807) is 44.6 Å². The Morgan fingerprint density at radius 2 is 1.43 bits per heavy atom. The van der Waals surface area contributed by atoms with Gasteiger partial charge in [-0.1, -0.05) is 54.2 Å². The Kier molecular flexibility index (Phi) is 9.74. The fourth-order valence-electron chi connectivity index (χ4n) is 4.90. The van der Waals surface area contributed by atoms with Gasteiger partial charge in [-0.05, 0) is 60.4 Å². The number of rotatable bonds is 13. The number of carboxylic acids is 1. The van der Waals surface area contributed by atoms with Crippen molar-refractivity contribution < 1.29 is 38.5 Å². The van der Waals surface area contributed by atoms with E-state index in [1.165, 1.54) is 11.8 Å². The van der Waals surface area contributed by atoms with Crippen molar-refractivity contribution in [2.75, 3.05) is 20.8 Å². The van der Waals surface area contributed by atoms with Crippen LogP contribution in [0.5, 0.6) is 11.5 Å². The number of methoxy groups -OCH3 is 2. The Balaban J connectivity index is 1.77. The first-order valence-electron chi connectivity index (χ1n) is 13.2. The molecule has 1 heterocycles. The zero-order valence-electron chi connectivity index (χ0n) is 23.4. The fourth-order valence-corrected chi connectivity index (χ4v) is 6.23. The van der Waals surface area contributed by atoms with E-state index >= 15 is 0 Å². The number of β-lactam (4-membered cyclic amide) rings is 1. The molecule has 3 aromatic rings. The number of carboxylic acid groups (broad SMARTS) is 1. The van der Waals surface area contributed by atoms with Crippen LogP contribution >= 0.6 is 11.8 Å². The Morgan fingerprint density at radius 3 is 1.88 bits per heavy atom. The average Bonchev–Trinajstić information content (AvgIpc) is 2.98. The minimum atomic E-state index is -1.92. The Labute approximate surface area is 247 Å². The van der Waals surface area contributed by atoms with E-state index in [1.807, 2.05) is 48.5 Å². The van der Waals surface area contributed by atoms with Crippen molar-refractivity contribution in [1.82, 2.24) is 10.2 Å². The highest BCUT2D eigenvalue weighted by Crippen LogP contribution is 2.49. The summed E-state index contributed by atoms with van der Waals surface area (Å²) in [4.78, 5) is 51.6. The second-order valence-electron chi connectivity index (χ2n) is 9.66. The summed E-state index contributed by atoms with van der Waals surface area (Å²) in [5, 5.41) is 11.6. The molecule has 1 aliphatic heterocycles. The molecule has 220 valence electrons. The minimum absolute atomic E-state index is 0.358. The molecule has 0 aliphatic carbocycles. The third-order valence-corrected chi connectivity index (χ3v) is 8.09. The number of hydrogen-bond donors (Lipinski definition) is 2. The molecule has 0 saturated carbocycles. The van der Waals surface area contributed by atoms with Crippen molar-refractivity contribution in [2.24, 2.45) is 0 Å². The number of aliphatic carboxylic acids is 1. The molecule has 1 saturated heterocycles. The largest absolute Gasteiger partial charge is 0.497 e. The fraction of sp³-hybridized carbons (Fsp3) is 0.290. The third-order valence-electron chi connectivity index (χ3n) is 6.80. The number of hydrogen-bond acceptors (Lipinski definition) is 8. The molecule has 2 atom stereocenters. The minimum Gasteiger partial charge on any atom is -0.497 e. The number of carbonyl (C=O) groups is 4. The smallest absolute Gasteiger partial charge is 0.322 e. The number of ether oxygens (including phenoxy) is 3. The number of likely N-dealkylation sites (tertiary alicyclic amines) is 1. The van der Waals surface area contributed by atoms with Gasteiger partial charge in [-0.15, -0.1) is 0 Å². The molecule has 10 nitrogen and oxygen atoms in total. The highest BCUT2D eigenvalue weighted by Gasteiger charge is 2.69. The van der Waals surface area contributed by atoms with Crippen LogP contribution in [-0.4, -0.2) is 71.5 Å². The Bertz CT molecular complexity index is 1370. The SMILES string of the molecule is COc1ccc(CC(Cc2ccc(OC)cc2)N2C(=O)C(OC(C)=O)(Sc3ccccc3)C2C(=O)NCC(=O)O)cc1. The maximum atomic E-state index is 14.2. The lowest BCUT2D eigenvalue weighted by molar-refractivity contribution is -0.195. The van der Waals surface area contributed by atoms with Gasteiger partial charge in [-0.3, -0.25) is 19.2 Å². The highest BCUT2D eigenvalue weighted by molar-refractivity contribution is 8.01. The molecule has 2 amide bonds. The molecule has 1 fully saturated rings. The summed E-state index contributed by atoms with van der Waals surface area (Å²) in [6, 6.07) is 21.7. The lowest BCUT2D eigenvalue weighted by Gasteiger charge is -2.55. The number of esters is 1. The second-order valence-corrected chi connectivity index (χ2v) is 10.9. The predicted octanol–water partition coefficient (Wildman–Crippen LogP) is 3.32. The molecule has 1 aliphatic rings. The molecule has 2 N–H and O–H groups in total. The third kappa shape index (κ3) is 6.85. The maximum Gasteiger partial charge on any atom is 0.322 e. The molecule has 42 heavy (non-hydrogen) atoms. The van der Waals surface area contributed by atoms with E-state index in [0.29, 0.717) is 29.2 Å². The second kappa shape index (κ2) is 13.4. The molecule has 2 unspecified atom stereocenters. The van der Waals surface area contributed by atoms with Crippen LogP contribution in [0.15, 0.2) is 83.8 Å². The summed E-state index contributed by atoms with van der Waals surface area (Å²) in [5.41, 5.74) is 1.76.